The Morgan fingerprint density at radius 1 is 0.938 bits per heavy atom. The van der Waals surface area contributed by atoms with Crippen LogP contribution in [0.1, 0.15) is 17.4 Å². The molecule has 0 saturated carbocycles. The highest BCUT2D eigenvalue weighted by Crippen LogP contribution is 2.43. The van der Waals surface area contributed by atoms with E-state index >= 15 is 0 Å². The van der Waals surface area contributed by atoms with Gasteiger partial charge in [0.1, 0.15) is 34.8 Å². The summed E-state index contributed by atoms with van der Waals surface area (Å²) in [4.78, 5) is 23.5. The lowest BCUT2D eigenvalue weighted by Gasteiger charge is -2.28. The highest BCUT2D eigenvalue weighted by Gasteiger charge is 2.42. The quantitative estimate of drug-likeness (QED) is 0.500. The highest BCUT2D eigenvalue weighted by atomic mass is 16.5. The lowest BCUT2D eigenvalue weighted by molar-refractivity contribution is -0.114. The van der Waals surface area contributed by atoms with E-state index < -0.39 is 6.04 Å². The van der Waals surface area contributed by atoms with E-state index in [1.54, 1.807) is 20.3 Å². The van der Waals surface area contributed by atoms with Gasteiger partial charge in [-0.2, -0.15) is 0 Å². The van der Waals surface area contributed by atoms with E-state index in [-0.39, 0.29) is 5.78 Å². The van der Waals surface area contributed by atoms with Crippen LogP contribution in [-0.4, -0.2) is 30.0 Å². The minimum Gasteiger partial charge on any atom is -0.497 e. The van der Waals surface area contributed by atoms with Crippen LogP contribution in [0.2, 0.25) is 0 Å². The Kier molecular flexibility index (Phi) is 4.78. The Labute approximate surface area is 185 Å². The van der Waals surface area contributed by atoms with Crippen LogP contribution in [0.3, 0.4) is 0 Å². The Morgan fingerprint density at radius 2 is 1.59 bits per heavy atom. The Bertz CT molecular complexity index is 1290. The Hall–Kier alpha value is -4.26. The van der Waals surface area contributed by atoms with Gasteiger partial charge in [-0.15, -0.1) is 0 Å². The predicted molar refractivity (Wildman–Crippen MR) is 123 cm³/mol. The molecule has 0 radical (unpaired) electrons. The van der Waals surface area contributed by atoms with E-state index in [9.17, 15) is 4.79 Å². The van der Waals surface area contributed by atoms with E-state index in [0.717, 1.165) is 16.6 Å². The zero-order chi connectivity index (χ0) is 22.2. The molecule has 3 N–H and O–H groups in total. The molecule has 0 bridgehead atoms. The molecule has 0 fully saturated rings. The number of nitrogens with zero attached hydrogens (tertiary/aromatic N) is 2. The number of imidazole rings is 1. The maximum absolute atomic E-state index is 13.8. The molecule has 0 spiro atoms. The maximum atomic E-state index is 13.8. The second kappa shape index (κ2) is 7.77. The SMILES string of the molecule is COc1cc(OC)cc(N2C(N)=C(c3nc4ccccc4[nH]3)C(=O)C2c2ccccc2)c1. The summed E-state index contributed by atoms with van der Waals surface area (Å²) in [5, 5.41) is 0. The number of para-hydroxylation sites is 2. The first-order chi connectivity index (χ1) is 15.6. The van der Waals surface area contributed by atoms with Crippen LogP contribution in [0.4, 0.5) is 5.69 Å². The minimum atomic E-state index is -0.642. The lowest BCUT2D eigenvalue weighted by Crippen LogP contribution is -2.29. The number of aromatic amines is 1. The van der Waals surface area contributed by atoms with Gasteiger partial charge in [-0.1, -0.05) is 42.5 Å². The summed E-state index contributed by atoms with van der Waals surface area (Å²) in [6, 6.07) is 22.0. The van der Waals surface area contributed by atoms with Crippen molar-refractivity contribution in [1.29, 1.82) is 0 Å². The van der Waals surface area contributed by atoms with Crippen LogP contribution in [0.15, 0.2) is 78.6 Å². The molecule has 7 heteroatoms. The lowest BCUT2D eigenvalue weighted by atomic mass is 9.99. The normalized spacial score (nSPS) is 16.1. The maximum Gasteiger partial charge on any atom is 0.197 e. The van der Waals surface area contributed by atoms with Gasteiger partial charge in [0.15, 0.2) is 5.78 Å². The van der Waals surface area contributed by atoms with Crippen LogP contribution < -0.4 is 20.1 Å². The third-order valence-corrected chi connectivity index (χ3v) is 5.62. The molecule has 1 atom stereocenters. The molecule has 1 aliphatic heterocycles. The number of carbonyl (C=O) groups excluding carboxylic acids is 1. The number of Topliss-reactive ketones (excluding diaryl/α,β-unsaturated/α-hetero) is 1. The van der Waals surface area contributed by atoms with Gasteiger partial charge in [-0.25, -0.2) is 4.98 Å². The fraction of sp³-hybridized carbons (Fsp3) is 0.120. The number of hydrogen-bond acceptors (Lipinski definition) is 6. The molecule has 32 heavy (non-hydrogen) atoms. The van der Waals surface area contributed by atoms with Gasteiger partial charge < -0.3 is 25.1 Å². The summed E-state index contributed by atoms with van der Waals surface area (Å²) in [7, 11) is 3.17. The molecule has 1 unspecified atom stereocenters. The van der Waals surface area contributed by atoms with E-state index in [4.69, 9.17) is 15.2 Å². The van der Waals surface area contributed by atoms with Crippen molar-refractivity contribution in [1.82, 2.24) is 9.97 Å². The predicted octanol–water partition coefficient (Wildman–Crippen LogP) is 4.04. The number of fused-ring (bicyclic) bond motifs is 1. The van der Waals surface area contributed by atoms with Crippen molar-refractivity contribution in [3.63, 3.8) is 0 Å². The molecule has 7 nitrogen and oxygen atoms in total. The van der Waals surface area contributed by atoms with Crippen molar-refractivity contribution in [2.24, 2.45) is 5.73 Å². The molecule has 2 heterocycles. The topological polar surface area (TPSA) is 93.5 Å². The molecule has 1 aromatic heterocycles. The largest absolute Gasteiger partial charge is 0.497 e. The zero-order valence-electron chi connectivity index (χ0n) is 17.7. The summed E-state index contributed by atoms with van der Waals surface area (Å²) < 4.78 is 10.9. The van der Waals surface area contributed by atoms with Crippen LogP contribution in [0.25, 0.3) is 16.6 Å². The monoisotopic (exact) mass is 426 g/mol. The smallest absolute Gasteiger partial charge is 0.197 e. The molecule has 0 aliphatic carbocycles. The summed E-state index contributed by atoms with van der Waals surface area (Å²) in [6.45, 7) is 0. The number of ether oxygens (including phenoxy) is 2. The van der Waals surface area contributed by atoms with Crippen LogP contribution in [0, 0.1) is 0 Å². The molecule has 4 aromatic rings. The number of methoxy groups -OCH3 is 2. The number of nitrogens with two attached hydrogens (primary N) is 1. The van der Waals surface area contributed by atoms with Gasteiger partial charge in [-0.05, 0) is 17.7 Å². The van der Waals surface area contributed by atoms with Gasteiger partial charge in [0.25, 0.3) is 0 Å². The summed E-state index contributed by atoms with van der Waals surface area (Å²) in [5.41, 5.74) is 10.1. The number of benzene rings is 3. The number of nitrogens with one attached hydrogen (secondary N) is 1. The van der Waals surface area contributed by atoms with Gasteiger partial charge in [0, 0.05) is 18.2 Å². The van der Waals surface area contributed by atoms with Crippen molar-refractivity contribution < 1.29 is 14.3 Å². The second-order valence-electron chi connectivity index (χ2n) is 7.48. The average Bonchev–Trinajstić information content (AvgIpc) is 3.36. The molecular formula is C25H22N4O3. The fourth-order valence-electron chi connectivity index (χ4n) is 4.10. The van der Waals surface area contributed by atoms with Gasteiger partial charge in [-0.3, -0.25) is 4.79 Å². The molecule has 5 rings (SSSR count). The molecule has 160 valence electrons. The number of H-pyrrole nitrogens is 1. The summed E-state index contributed by atoms with van der Waals surface area (Å²) in [6.07, 6.45) is 0. The van der Waals surface area contributed by atoms with Crippen molar-refractivity contribution in [3.8, 4) is 11.5 Å². The number of ketones is 1. The molecular weight excluding hydrogens is 404 g/mol. The van der Waals surface area contributed by atoms with Crippen LogP contribution >= 0.6 is 0 Å². The first-order valence-corrected chi connectivity index (χ1v) is 10.2. The first-order valence-electron chi connectivity index (χ1n) is 10.2. The van der Waals surface area contributed by atoms with E-state index in [2.05, 4.69) is 9.97 Å². The highest BCUT2D eigenvalue weighted by molar-refractivity contribution is 6.28. The average molecular weight is 426 g/mol. The van der Waals surface area contributed by atoms with E-state index in [1.807, 2.05) is 71.6 Å². The van der Waals surface area contributed by atoms with Crippen molar-refractivity contribution >= 4 is 28.1 Å². The van der Waals surface area contributed by atoms with Crippen molar-refractivity contribution in [2.45, 2.75) is 6.04 Å². The van der Waals surface area contributed by atoms with Gasteiger partial charge >= 0.3 is 0 Å². The molecule has 0 amide bonds. The number of aromatic nitrogens is 2. The number of carbonyl (C=O) groups is 1. The van der Waals surface area contributed by atoms with Crippen molar-refractivity contribution in [3.05, 3.63) is 90.0 Å². The first kappa shape index (κ1) is 19.7. The van der Waals surface area contributed by atoms with Gasteiger partial charge in [0.05, 0.1) is 30.9 Å². The Morgan fingerprint density at radius 3 is 2.25 bits per heavy atom. The number of hydrogen-bond donors (Lipinski definition) is 2. The van der Waals surface area contributed by atoms with Crippen LogP contribution in [0.5, 0.6) is 11.5 Å². The molecule has 1 aliphatic rings. The second-order valence-corrected chi connectivity index (χ2v) is 7.48. The summed E-state index contributed by atoms with van der Waals surface area (Å²) in [5.74, 6) is 1.84. The minimum absolute atomic E-state index is 0.130. The summed E-state index contributed by atoms with van der Waals surface area (Å²) >= 11 is 0. The third kappa shape index (κ3) is 3.15. The molecule has 0 saturated heterocycles. The standard InChI is InChI=1S/C25H22N4O3/c1-31-17-12-16(13-18(14-17)32-2)29-22(15-8-4-3-5-9-15)23(30)21(24(29)26)25-27-19-10-6-7-11-20(19)28-25/h3-14,22H,26H2,1-2H3,(H,27,28). The van der Waals surface area contributed by atoms with Crippen molar-refractivity contribution in [2.75, 3.05) is 19.1 Å². The molecule has 3 aromatic carbocycles. The number of anilines is 1. The van der Waals surface area contributed by atoms with E-state index in [0.29, 0.717) is 34.4 Å². The van der Waals surface area contributed by atoms with Gasteiger partial charge in [0.2, 0.25) is 0 Å². The van der Waals surface area contributed by atoms with Crippen LogP contribution in [-0.2, 0) is 4.79 Å². The third-order valence-electron chi connectivity index (χ3n) is 5.62. The fourth-order valence-corrected chi connectivity index (χ4v) is 4.10. The Balaban J connectivity index is 1.71. The number of rotatable bonds is 5. The zero-order valence-corrected chi connectivity index (χ0v) is 17.7. The van der Waals surface area contributed by atoms with E-state index in [1.165, 1.54) is 0 Å².